The van der Waals surface area contributed by atoms with Gasteiger partial charge in [0, 0.05) is 18.0 Å². The first kappa shape index (κ1) is 15.8. The number of rotatable bonds is 4. The van der Waals surface area contributed by atoms with E-state index in [9.17, 15) is 9.59 Å². The number of methoxy groups -OCH3 is 1. The highest BCUT2D eigenvalue weighted by molar-refractivity contribution is 5.97. The molecule has 0 fully saturated rings. The third kappa shape index (κ3) is 3.15. The van der Waals surface area contributed by atoms with Crippen molar-refractivity contribution in [2.45, 2.75) is 13.5 Å². The first-order valence-electron chi connectivity index (χ1n) is 7.53. The Morgan fingerprint density at radius 1 is 1.17 bits per heavy atom. The highest BCUT2D eigenvalue weighted by Crippen LogP contribution is 2.20. The third-order valence-corrected chi connectivity index (χ3v) is 3.78. The molecule has 0 aliphatic carbocycles. The van der Waals surface area contributed by atoms with Crippen LogP contribution in [0.5, 0.6) is 5.75 Å². The Morgan fingerprint density at radius 3 is 2.75 bits per heavy atom. The summed E-state index contributed by atoms with van der Waals surface area (Å²) in [5.74, 6) is 0.240. The molecule has 5 nitrogen and oxygen atoms in total. The molecule has 3 rings (SSSR count). The van der Waals surface area contributed by atoms with Gasteiger partial charge in [0.05, 0.1) is 12.7 Å². The maximum atomic E-state index is 12.4. The molecule has 0 saturated carbocycles. The van der Waals surface area contributed by atoms with Crippen molar-refractivity contribution >= 4 is 16.9 Å². The van der Waals surface area contributed by atoms with E-state index in [1.165, 1.54) is 13.2 Å². The molecule has 5 heteroatoms. The number of hydrogen-bond donors (Lipinski definition) is 1. The van der Waals surface area contributed by atoms with E-state index in [1.54, 1.807) is 24.3 Å². The molecule has 3 aromatic rings. The van der Waals surface area contributed by atoms with E-state index in [0.717, 1.165) is 10.9 Å². The Bertz CT molecular complexity index is 959. The van der Waals surface area contributed by atoms with Crippen LogP contribution in [0.15, 0.2) is 57.7 Å². The Balaban J connectivity index is 1.88. The average molecular weight is 323 g/mol. The van der Waals surface area contributed by atoms with Crippen molar-refractivity contribution in [3.05, 3.63) is 75.6 Å². The van der Waals surface area contributed by atoms with Gasteiger partial charge in [-0.05, 0) is 36.2 Å². The van der Waals surface area contributed by atoms with Gasteiger partial charge < -0.3 is 14.5 Å². The number of benzene rings is 2. The van der Waals surface area contributed by atoms with Crippen LogP contribution in [0.3, 0.4) is 0 Å². The van der Waals surface area contributed by atoms with Crippen LogP contribution < -0.4 is 15.7 Å². The highest BCUT2D eigenvalue weighted by Gasteiger charge is 2.12. The van der Waals surface area contributed by atoms with Crippen LogP contribution in [-0.4, -0.2) is 13.0 Å². The maximum absolute atomic E-state index is 12.4. The predicted molar refractivity (Wildman–Crippen MR) is 91.4 cm³/mol. The van der Waals surface area contributed by atoms with Crippen molar-refractivity contribution in [3.63, 3.8) is 0 Å². The fourth-order valence-corrected chi connectivity index (χ4v) is 2.59. The zero-order valence-electron chi connectivity index (χ0n) is 13.5. The zero-order chi connectivity index (χ0) is 17.1. The third-order valence-electron chi connectivity index (χ3n) is 3.78. The Hall–Kier alpha value is -3.08. The minimum Gasteiger partial charge on any atom is -0.496 e. The quantitative estimate of drug-likeness (QED) is 0.749. The van der Waals surface area contributed by atoms with E-state index >= 15 is 0 Å². The largest absolute Gasteiger partial charge is 0.496 e. The first-order chi connectivity index (χ1) is 11.6. The number of carbonyl (C=O) groups excluding carboxylic acids is 1. The van der Waals surface area contributed by atoms with Gasteiger partial charge in [-0.1, -0.05) is 24.3 Å². The van der Waals surface area contributed by atoms with E-state index in [1.807, 2.05) is 25.1 Å². The molecule has 1 amide bonds. The van der Waals surface area contributed by atoms with Crippen molar-refractivity contribution in [2.75, 3.05) is 7.11 Å². The van der Waals surface area contributed by atoms with Crippen LogP contribution >= 0.6 is 0 Å². The molecular weight excluding hydrogens is 306 g/mol. The number of amides is 1. The SMILES string of the molecule is COc1ccccc1C(=O)NCc1cc(=O)oc2cc(C)ccc12. The van der Waals surface area contributed by atoms with Crippen molar-refractivity contribution in [1.29, 1.82) is 0 Å². The standard InChI is InChI=1S/C19H17NO4/c1-12-7-8-14-13(10-18(21)24-17(14)9-12)11-20-19(22)15-5-3-4-6-16(15)23-2/h3-10H,11H2,1-2H3,(H,20,22). The number of hydrogen-bond acceptors (Lipinski definition) is 4. The van der Waals surface area contributed by atoms with Gasteiger partial charge in [0.25, 0.3) is 5.91 Å². The van der Waals surface area contributed by atoms with Crippen LogP contribution in [0.4, 0.5) is 0 Å². The lowest BCUT2D eigenvalue weighted by molar-refractivity contribution is 0.0948. The van der Waals surface area contributed by atoms with Crippen LogP contribution in [-0.2, 0) is 6.54 Å². The van der Waals surface area contributed by atoms with Crippen molar-refractivity contribution in [1.82, 2.24) is 5.32 Å². The molecule has 2 aromatic carbocycles. The lowest BCUT2D eigenvalue weighted by Gasteiger charge is -2.10. The molecule has 0 radical (unpaired) electrons. The number of carbonyl (C=O) groups is 1. The molecule has 0 aliphatic rings. The summed E-state index contributed by atoms with van der Waals surface area (Å²) in [5.41, 5.74) is 2.24. The van der Waals surface area contributed by atoms with Gasteiger partial charge in [-0.3, -0.25) is 4.79 Å². The van der Waals surface area contributed by atoms with E-state index in [2.05, 4.69) is 5.32 Å². The Kier molecular flexibility index (Phi) is 4.33. The average Bonchev–Trinajstić information content (AvgIpc) is 2.58. The maximum Gasteiger partial charge on any atom is 0.336 e. The molecule has 0 atom stereocenters. The topological polar surface area (TPSA) is 68.5 Å². The Morgan fingerprint density at radius 2 is 1.96 bits per heavy atom. The van der Waals surface area contributed by atoms with Crippen LogP contribution in [0, 0.1) is 6.92 Å². The van der Waals surface area contributed by atoms with E-state index in [4.69, 9.17) is 9.15 Å². The van der Waals surface area contributed by atoms with Gasteiger partial charge in [-0.25, -0.2) is 4.79 Å². The minimum absolute atomic E-state index is 0.224. The highest BCUT2D eigenvalue weighted by atomic mass is 16.5. The first-order valence-corrected chi connectivity index (χ1v) is 7.53. The van der Waals surface area contributed by atoms with E-state index in [0.29, 0.717) is 22.5 Å². The molecule has 0 saturated heterocycles. The molecule has 24 heavy (non-hydrogen) atoms. The summed E-state index contributed by atoms with van der Waals surface area (Å²) in [6.45, 7) is 2.15. The second kappa shape index (κ2) is 6.58. The molecule has 0 aliphatic heterocycles. The normalized spacial score (nSPS) is 10.6. The van der Waals surface area contributed by atoms with Crippen molar-refractivity contribution < 1.29 is 13.9 Å². The summed E-state index contributed by atoms with van der Waals surface area (Å²) in [5, 5.41) is 3.63. The zero-order valence-corrected chi connectivity index (χ0v) is 13.5. The fourth-order valence-electron chi connectivity index (χ4n) is 2.59. The van der Waals surface area contributed by atoms with Crippen LogP contribution in [0.2, 0.25) is 0 Å². The molecular formula is C19H17NO4. The smallest absolute Gasteiger partial charge is 0.336 e. The molecule has 1 N–H and O–H groups in total. The molecule has 1 heterocycles. The monoisotopic (exact) mass is 323 g/mol. The molecule has 122 valence electrons. The number of fused-ring (bicyclic) bond motifs is 1. The minimum atomic E-state index is -0.436. The molecule has 0 bridgehead atoms. The molecule has 0 unspecified atom stereocenters. The van der Waals surface area contributed by atoms with E-state index < -0.39 is 5.63 Å². The summed E-state index contributed by atoms with van der Waals surface area (Å²) < 4.78 is 10.4. The second-order valence-corrected chi connectivity index (χ2v) is 5.47. The summed E-state index contributed by atoms with van der Waals surface area (Å²) in [6, 6.07) is 14.0. The van der Waals surface area contributed by atoms with Crippen LogP contribution in [0.25, 0.3) is 11.0 Å². The van der Waals surface area contributed by atoms with Gasteiger partial charge >= 0.3 is 5.63 Å². The second-order valence-electron chi connectivity index (χ2n) is 5.47. The number of nitrogens with one attached hydrogen (secondary N) is 1. The number of para-hydroxylation sites is 1. The lowest BCUT2D eigenvalue weighted by Crippen LogP contribution is -2.24. The van der Waals surface area contributed by atoms with E-state index in [-0.39, 0.29) is 12.5 Å². The van der Waals surface area contributed by atoms with Crippen molar-refractivity contribution in [3.8, 4) is 5.75 Å². The number of aryl methyl sites for hydroxylation is 1. The van der Waals surface area contributed by atoms with Gasteiger partial charge in [0.15, 0.2) is 0 Å². The lowest BCUT2D eigenvalue weighted by atomic mass is 10.1. The summed E-state index contributed by atoms with van der Waals surface area (Å²) in [6.07, 6.45) is 0. The molecule has 1 aromatic heterocycles. The van der Waals surface area contributed by atoms with Crippen LogP contribution in [0.1, 0.15) is 21.5 Å². The fraction of sp³-hybridized carbons (Fsp3) is 0.158. The Labute approximate surface area is 138 Å². The summed E-state index contributed by atoms with van der Waals surface area (Å²) in [7, 11) is 1.52. The summed E-state index contributed by atoms with van der Waals surface area (Å²) in [4.78, 5) is 24.1. The predicted octanol–water partition coefficient (Wildman–Crippen LogP) is 3.04. The van der Waals surface area contributed by atoms with Gasteiger partial charge in [-0.15, -0.1) is 0 Å². The van der Waals surface area contributed by atoms with Gasteiger partial charge in [0.2, 0.25) is 0 Å². The van der Waals surface area contributed by atoms with Gasteiger partial charge in [0.1, 0.15) is 11.3 Å². The van der Waals surface area contributed by atoms with Crippen molar-refractivity contribution in [2.24, 2.45) is 0 Å². The van der Waals surface area contributed by atoms with Gasteiger partial charge in [-0.2, -0.15) is 0 Å². The number of ether oxygens (including phenoxy) is 1. The molecule has 0 spiro atoms. The summed E-state index contributed by atoms with van der Waals surface area (Å²) >= 11 is 0.